The number of benzene rings is 1. The molecule has 23 heavy (non-hydrogen) atoms. The molecule has 0 unspecified atom stereocenters. The van der Waals surface area contributed by atoms with Gasteiger partial charge in [-0.2, -0.15) is 13.2 Å². The van der Waals surface area contributed by atoms with Crippen LogP contribution in [0, 0.1) is 0 Å². The van der Waals surface area contributed by atoms with Gasteiger partial charge in [0.1, 0.15) is 5.37 Å². The molecule has 0 spiro atoms. The highest BCUT2D eigenvalue weighted by atomic mass is 32.2. The molecule has 1 N–H and O–H groups in total. The van der Waals surface area contributed by atoms with Gasteiger partial charge in [-0.05, 0) is 17.5 Å². The maximum atomic E-state index is 13.1. The van der Waals surface area contributed by atoms with E-state index in [9.17, 15) is 26.7 Å². The van der Waals surface area contributed by atoms with Gasteiger partial charge >= 0.3 is 6.18 Å². The Balaban J connectivity index is 2.09. The first kappa shape index (κ1) is 16.3. The van der Waals surface area contributed by atoms with Crippen molar-refractivity contribution in [3.8, 4) is 0 Å². The number of halogens is 3. The third-order valence-corrected chi connectivity index (χ3v) is 6.36. The van der Waals surface area contributed by atoms with Gasteiger partial charge in [-0.25, -0.2) is 13.4 Å². The fourth-order valence-corrected chi connectivity index (χ4v) is 5.00. The van der Waals surface area contributed by atoms with Crippen LogP contribution in [0.15, 0.2) is 51.8 Å². The fourth-order valence-electron chi connectivity index (χ4n) is 2.34. The lowest BCUT2D eigenvalue weighted by Gasteiger charge is -2.39. The smallest absolute Gasteiger partial charge is 0.362 e. The van der Waals surface area contributed by atoms with E-state index >= 15 is 0 Å². The van der Waals surface area contributed by atoms with Gasteiger partial charge in [0.05, 0.1) is 4.90 Å². The monoisotopic (exact) mass is 364 g/mol. The van der Waals surface area contributed by atoms with Crippen molar-refractivity contribution in [1.82, 2.24) is 4.90 Å². The summed E-state index contributed by atoms with van der Waals surface area (Å²) >= 11 is 0.831. The van der Waals surface area contributed by atoms with Crippen molar-refractivity contribution >= 4 is 26.8 Å². The number of fused-ring (bicyclic) bond motifs is 1. The zero-order valence-corrected chi connectivity index (χ0v) is 13.1. The van der Waals surface area contributed by atoms with Gasteiger partial charge in [0.25, 0.3) is 5.72 Å². The molecule has 2 aliphatic rings. The molecular formula is C13H11F3N2O3S2. The summed E-state index contributed by atoms with van der Waals surface area (Å²) in [5, 5.41) is 9.53. The van der Waals surface area contributed by atoms with Crippen LogP contribution in [0.2, 0.25) is 0 Å². The van der Waals surface area contributed by atoms with E-state index in [1.54, 1.807) is 6.07 Å². The second-order valence-electron chi connectivity index (χ2n) is 5.04. The summed E-state index contributed by atoms with van der Waals surface area (Å²) < 4.78 is 64.9. The Morgan fingerprint density at radius 1 is 1.30 bits per heavy atom. The van der Waals surface area contributed by atoms with Gasteiger partial charge in [0.15, 0.2) is 15.0 Å². The zero-order chi connectivity index (χ0) is 16.9. The molecule has 3 rings (SSSR count). The molecule has 2 aliphatic heterocycles. The molecule has 1 aromatic carbocycles. The zero-order valence-electron chi connectivity index (χ0n) is 11.4. The predicted octanol–water partition coefficient (Wildman–Crippen LogP) is 2.32. The Labute approximate surface area is 134 Å². The van der Waals surface area contributed by atoms with Crippen LogP contribution in [0.4, 0.5) is 13.2 Å². The Morgan fingerprint density at radius 3 is 2.57 bits per heavy atom. The largest absolute Gasteiger partial charge is 0.438 e. The molecule has 2 atom stereocenters. The van der Waals surface area contributed by atoms with Crippen LogP contribution in [-0.2, 0) is 9.84 Å². The van der Waals surface area contributed by atoms with Gasteiger partial charge in [-0.15, -0.1) is 0 Å². The maximum Gasteiger partial charge on any atom is 0.438 e. The number of hydrogen-bond donors (Lipinski definition) is 1. The number of sulfone groups is 1. The Kier molecular flexibility index (Phi) is 3.73. The van der Waals surface area contributed by atoms with Gasteiger partial charge in [0, 0.05) is 12.6 Å². The number of hydrogen-bond acceptors (Lipinski definition) is 6. The molecule has 0 radical (unpaired) electrons. The third kappa shape index (κ3) is 2.64. The Hall–Kier alpha value is -1.52. The topological polar surface area (TPSA) is 70.0 Å². The maximum absolute atomic E-state index is 13.1. The minimum absolute atomic E-state index is 0.110. The van der Waals surface area contributed by atoms with Crippen molar-refractivity contribution in [2.75, 3.05) is 0 Å². The number of thioether (sulfide) groups is 1. The lowest BCUT2D eigenvalue weighted by molar-refractivity contribution is -0.262. The van der Waals surface area contributed by atoms with Gasteiger partial charge in [0.2, 0.25) is 0 Å². The lowest BCUT2D eigenvalue weighted by Crippen LogP contribution is -2.56. The van der Waals surface area contributed by atoms with Gasteiger partial charge in [-0.3, -0.25) is 0 Å². The second-order valence-corrected chi connectivity index (χ2v) is 8.01. The molecule has 124 valence electrons. The van der Waals surface area contributed by atoms with Crippen LogP contribution in [0.25, 0.3) is 0 Å². The summed E-state index contributed by atoms with van der Waals surface area (Å²) in [6.45, 7) is 0. The van der Waals surface area contributed by atoms with Crippen LogP contribution in [0.1, 0.15) is 6.42 Å². The van der Waals surface area contributed by atoms with E-state index in [2.05, 4.69) is 4.99 Å². The van der Waals surface area contributed by atoms with Crippen LogP contribution in [-0.4, -0.2) is 40.9 Å². The third-order valence-electron chi connectivity index (χ3n) is 3.55. The molecule has 0 saturated carbocycles. The van der Waals surface area contributed by atoms with Crippen molar-refractivity contribution in [2.45, 2.75) is 28.6 Å². The molecule has 1 aromatic rings. The highest BCUT2D eigenvalue weighted by Gasteiger charge is 2.60. The summed E-state index contributed by atoms with van der Waals surface area (Å²) in [6.07, 6.45) is -4.81. The van der Waals surface area contributed by atoms with E-state index in [1.165, 1.54) is 35.9 Å². The van der Waals surface area contributed by atoms with Crippen LogP contribution < -0.4 is 0 Å². The highest BCUT2D eigenvalue weighted by Crippen LogP contribution is 2.44. The van der Waals surface area contributed by atoms with E-state index in [-0.39, 0.29) is 10.1 Å². The first-order chi connectivity index (χ1) is 10.7. The number of aliphatic imine (C=N–C) groups is 1. The first-order valence-electron chi connectivity index (χ1n) is 6.45. The number of rotatable bonds is 2. The van der Waals surface area contributed by atoms with Crippen molar-refractivity contribution in [2.24, 2.45) is 4.99 Å². The molecule has 0 amide bonds. The van der Waals surface area contributed by atoms with Crippen LogP contribution >= 0.6 is 11.8 Å². The fraction of sp³-hybridized carbons (Fsp3) is 0.308. The quantitative estimate of drug-likeness (QED) is 0.872. The molecule has 0 aromatic heterocycles. The molecule has 0 bridgehead atoms. The molecule has 0 fully saturated rings. The number of alkyl halides is 3. The molecule has 10 heteroatoms. The lowest BCUT2D eigenvalue weighted by atomic mass is 10.1. The molecule has 2 heterocycles. The molecule has 5 nitrogen and oxygen atoms in total. The molecule has 0 saturated heterocycles. The highest BCUT2D eigenvalue weighted by molar-refractivity contribution is 8.16. The standard InChI is InChI=1S/C13H11F3N2O3S2/c14-13(15,16)12(19)8-10(18-6-7-22-11(18)17-12)23(20,21)9-4-2-1-3-5-9/h1-7,10,19H,8H2/t10-,12-/m1/s1. The summed E-state index contributed by atoms with van der Waals surface area (Å²) in [5.74, 6) is 0. The minimum Gasteiger partial charge on any atom is -0.362 e. The van der Waals surface area contributed by atoms with Gasteiger partial charge in [-0.1, -0.05) is 30.0 Å². The first-order valence-corrected chi connectivity index (χ1v) is 8.87. The van der Waals surface area contributed by atoms with E-state index in [0.717, 1.165) is 16.7 Å². The summed E-state index contributed by atoms with van der Waals surface area (Å²) in [6, 6.07) is 7.18. The summed E-state index contributed by atoms with van der Waals surface area (Å²) in [4.78, 5) is 4.35. The normalized spacial score (nSPS) is 27.7. The van der Waals surface area contributed by atoms with Crippen molar-refractivity contribution < 1.29 is 26.7 Å². The summed E-state index contributed by atoms with van der Waals surface area (Å²) in [5.41, 5.74) is -3.43. The number of nitrogens with zero attached hydrogens (tertiary/aromatic N) is 2. The number of amidine groups is 1. The minimum atomic E-state index is -5.07. The van der Waals surface area contributed by atoms with E-state index in [4.69, 9.17) is 0 Å². The molecule has 0 aliphatic carbocycles. The van der Waals surface area contributed by atoms with E-state index < -0.39 is 33.5 Å². The van der Waals surface area contributed by atoms with Crippen LogP contribution in [0.3, 0.4) is 0 Å². The molecular weight excluding hydrogens is 353 g/mol. The van der Waals surface area contributed by atoms with Crippen LogP contribution in [0.5, 0.6) is 0 Å². The van der Waals surface area contributed by atoms with Gasteiger partial charge < -0.3 is 10.0 Å². The average Bonchev–Trinajstić information content (AvgIpc) is 2.94. The predicted molar refractivity (Wildman–Crippen MR) is 79.0 cm³/mol. The average molecular weight is 364 g/mol. The van der Waals surface area contributed by atoms with E-state index in [0.29, 0.717) is 0 Å². The number of aliphatic hydroxyl groups is 1. The Bertz CT molecular complexity index is 777. The van der Waals surface area contributed by atoms with E-state index in [1.807, 2.05) is 0 Å². The SMILES string of the molecule is O=S(=O)(c1ccccc1)[C@@H]1C[C@@](O)(C(F)(F)F)N=C2SC=CN21. The Morgan fingerprint density at radius 2 is 1.96 bits per heavy atom. The van der Waals surface area contributed by atoms with Crippen molar-refractivity contribution in [3.63, 3.8) is 0 Å². The van der Waals surface area contributed by atoms with Crippen molar-refractivity contribution in [1.29, 1.82) is 0 Å². The van der Waals surface area contributed by atoms with Crippen molar-refractivity contribution in [3.05, 3.63) is 41.9 Å². The summed E-state index contributed by atoms with van der Waals surface area (Å²) in [7, 11) is -4.13. The second kappa shape index (κ2) is 5.25.